The summed E-state index contributed by atoms with van der Waals surface area (Å²) in [6, 6.07) is 5.69. The molecule has 5 rings (SSSR count). The van der Waals surface area contributed by atoms with Crippen molar-refractivity contribution in [3.05, 3.63) is 24.0 Å². The van der Waals surface area contributed by atoms with Crippen molar-refractivity contribution in [1.29, 1.82) is 0 Å². The number of carbonyl (C=O) groups is 1. The second-order valence-electron chi connectivity index (χ2n) is 8.22. The molecule has 4 nitrogen and oxygen atoms in total. The normalized spacial score (nSPS) is 26.6. The van der Waals surface area contributed by atoms with Crippen molar-refractivity contribution in [1.82, 2.24) is 4.90 Å². The van der Waals surface area contributed by atoms with Crippen LogP contribution in [0.5, 0.6) is 0 Å². The molecule has 4 aliphatic rings. The van der Waals surface area contributed by atoms with E-state index < -0.39 is 0 Å². The molecule has 1 N–H and O–H groups in total. The molecule has 26 heavy (non-hydrogen) atoms. The van der Waals surface area contributed by atoms with Gasteiger partial charge in [-0.2, -0.15) is 0 Å². The van der Waals surface area contributed by atoms with Crippen LogP contribution in [0.25, 0.3) is 0 Å². The van der Waals surface area contributed by atoms with Crippen molar-refractivity contribution in [2.45, 2.75) is 57.4 Å². The summed E-state index contributed by atoms with van der Waals surface area (Å²) in [7, 11) is 0. The van der Waals surface area contributed by atoms with Crippen molar-refractivity contribution < 1.29 is 9.18 Å². The summed E-state index contributed by atoms with van der Waals surface area (Å²) < 4.78 is 14.6. The van der Waals surface area contributed by atoms with E-state index in [4.69, 9.17) is 0 Å². The number of carbonyl (C=O) groups excluding carboxylic acids is 1. The highest BCUT2D eigenvalue weighted by Crippen LogP contribution is 2.34. The van der Waals surface area contributed by atoms with Crippen LogP contribution in [0.4, 0.5) is 15.8 Å². The van der Waals surface area contributed by atoms with E-state index in [9.17, 15) is 9.18 Å². The maximum absolute atomic E-state index is 14.6. The number of hydrogen-bond acceptors (Lipinski definition) is 3. The topological polar surface area (TPSA) is 35.6 Å². The molecule has 0 spiro atoms. The van der Waals surface area contributed by atoms with Crippen LogP contribution in [0, 0.1) is 11.7 Å². The van der Waals surface area contributed by atoms with Gasteiger partial charge in [0.15, 0.2) is 0 Å². The second-order valence-corrected chi connectivity index (χ2v) is 8.22. The first kappa shape index (κ1) is 17.8. The van der Waals surface area contributed by atoms with E-state index >= 15 is 0 Å². The zero-order valence-corrected chi connectivity index (χ0v) is 15.6. The number of anilines is 2. The predicted octanol–water partition coefficient (Wildman–Crippen LogP) is 4.02. The van der Waals surface area contributed by atoms with E-state index in [0.717, 1.165) is 38.4 Å². The molecular weight excluding hydrogens is 329 g/mol. The molecule has 1 aromatic carbocycles. The molecule has 5 heteroatoms. The fraction of sp³-hybridized carbons (Fsp3) is 0.667. The molecule has 1 amide bonds. The van der Waals surface area contributed by atoms with Crippen molar-refractivity contribution in [2.24, 2.45) is 5.92 Å². The minimum atomic E-state index is -0.235. The summed E-state index contributed by atoms with van der Waals surface area (Å²) in [6.07, 6.45) is 9.76. The maximum Gasteiger partial charge on any atom is 0.238 e. The molecule has 4 fully saturated rings. The predicted molar refractivity (Wildman–Crippen MR) is 103 cm³/mol. The standard InChI is InChI=1S/C21H30FN3O/c22-19-13-17(7-10-20(19)24-11-3-1-2-4-12-24)23-21(26)15-25-14-16-5-8-18(25)9-6-16/h7,10,13,16,18H,1-6,8-9,11-12,14-15H2,(H,23,26). The summed E-state index contributed by atoms with van der Waals surface area (Å²) in [4.78, 5) is 16.9. The monoisotopic (exact) mass is 359 g/mol. The van der Waals surface area contributed by atoms with Crippen LogP contribution >= 0.6 is 0 Å². The van der Waals surface area contributed by atoms with E-state index in [2.05, 4.69) is 15.1 Å². The van der Waals surface area contributed by atoms with Gasteiger partial charge in [0.05, 0.1) is 12.2 Å². The zero-order chi connectivity index (χ0) is 17.9. The van der Waals surface area contributed by atoms with Gasteiger partial charge in [-0.3, -0.25) is 9.69 Å². The molecule has 0 aromatic heterocycles. The van der Waals surface area contributed by atoms with Crippen molar-refractivity contribution in [3.63, 3.8) is 0 Å². The summed E-state index contributed by atoms with van der Waals surface area (Å²) in [6.45, 7) is 3.30. The van der Waals surface area contributed by atoms with Crippen LogP contribution in [0.2, 0.25) is 0 Å². The molecular formula is C21H30FN3O. The summed E-state index contributed by atoms with van der Waals surface area (Å²) >= 11 is 0. The van der Waals surface area contributed by atoms with Crippen LogP contribution in [0.15, 0.2) is 18.2 Å². The van der Waals surface area contributed by atoms with E-state index in [-0.39, 0.29) is 11.7 Å². The van der Waals surface area contributed by atoms with Crippen LogP contribution < -0.4 is 10.2 Å². The fourth-order valence-corrected chi connectivity index (χ4v) is 4.90. The maximum atomic E-state index is 14.6. The second kappa shape index (κ2) is 7.95. The van der Waals surface area contributed by atoms with Crippen LogP contribution in [-0.2, 0) is 4.79 Å². The molecule has 0 unspecified atom stereocenters. The number of amides is 1. The molecule has 2 bridgehead atoms. The molecule has 1 aromatic rings. The Morgan fingerprint density at radius 2 is 1.81 bits per heavy atom. The van der Waals surface area contributed by atoms with Gasteiger partial charge >= 0.3 is 0 Å². The number of rotatable bonds is 4. The van der Waals surface area contributed by atoms with E-state index in [1.54, 1.807) is 0 Å². The van der Waals surface area contributed by atoms with Gasteiger partial charge in [-0.05, 0) is 62.6 Å². The number of halogens is 1. The molecule has 3 heterocycles. The smallest absolute Gasteiger partial charge is 0.238 e. The quantitative estimate of drug-likeness (QED) is 0.882. The molecule has 3 aliphatic heterocycles. The lowest BCUT2D eigenvalue weighted by Crippen LogP contribution is -2.50. The minimum Gasteiger partial charge on any atom is -0.369 e. The van der Waals surface area contributed by atoms with E-state index in [1.165, 1.54) is 44.6 Å². The van der Waals surface area contributed by atoms with Gasteiger partial charge in [0.25, 0.3) is 0 Å². The SMILES string of the molecule is O=C(CN1CC2CCC1CC2)Nc1ccc(N2CCCCCC2)c(F)c1. The first-order valence-corrected chi connectivity index (χ1v) is 10.3. The Balaban J connectivity index is 1.35. The Morgan fingerprint density at radius 1 is 1.08 bits per heavy atom. The highest BCUT2D eigenvalue weighted by Gasteiger charge is 2.34. The first-order chi connectivity index (χ1) is 12.7. The molecule has 0 radical (unpaired) electrons. The Bertz CT molecular complexity index is 634. The van der Waals surface area contributed by atoms with Crippen LogP contribution in [0.3, 0.4) is 0 Å². The van der Waals surface area contributed by atoms with E-state index in [1.807, 2.05) is 12.1 Å². The van der Waals surface area contributed by atoms with Crippen molar-refractivity contribution in [3.8, 4) is 0 Å². The van der Waals surface area contributed by atoms with Crippen molar-refractivity contribution in [2.75, 3.05) is 36.4 Å². The van der Waals surface area contributed by atoms with Gasteiger partial charge in [-0.15, -0.1) is 0 Å². The van der Waals surface area contributed by atoms with Gasteiger partial charge in [0.1, 0.15) is 5.82 Å². The highest BCUT2D eigenvalue weighted by atomic mass is 19.1. The number of fused-ring (bicyclic) bond motifs is 3. The lowest BCUT2D eigenvalue weighted by Gasteiger charge is -2.44. The number of benzene rings is 1. The number of nitrogens with zero attached hydrogens (tertiary/aromatic N) is 2. The van der Waals surface area contributed by atoms with Gasteiger partial charge in [-0.25, -0.2) is 4.39 Å². The Labute approximate surface area is 155 Å². The van der Waals surface area contributed by atoms with Crippen LogP contribution in [0.1, 0.15) is 51.4 Å². The zero-order valence-electron chi connectivity index (χ0n) is 15.6. The molecule has 3 saturated heterocycles. The molecule has 0 atom stereocenters. The van der Waals surface area contributed by atoms with Gasteiger partial charge in [-0.1, -0.05) is 12.8 Å². The average molecular weight is 359 g/mol. The van der Waals surface area contributed by atoms with Gasteiger partial charge < -0.3 is 10.2 Å². The van der Waals surface area contributed by atoms with Gasteiger partial charge in [0, 0.05) is 31.4 Å². The number of piperidine rings is 2. The van der Waals surface area contributed by atoms with Crippen LogP contribution in [-0.4, -0.2) is 43.0 Å². The summed E-state index contributed by atoms with van der Waals surface area (Å²) in [5.74, 6) is 0.499. The number of hydrogen-bond donors (Lipinski definition) is 1. The Hall–Kier alpha value is -1.62. The fourth-order valence-electron chi connectivity index (χ4n) is 4.90. The highest BCUT2D eigenvalue weighted by molar-refractivity contribution is 5.92. The summed E-state index contributed by atoms with van der Waals surface area (Å²) in [5, 5.41) is 2.89. The average Bonchev–Trinajstić information content (AvgIpc) is 2.92. The minimum absolute atomic E-state index is 0.0283. The molecule has 1 aliphatic carbocycles. The largest absolute Gasteiger partial charge is 0.369 e. The van der Waals surface area contributed by atoms with E-state index in [0.29, 0.717) is 24.0 Å². The Kier molecular flexibility index (Phi) is 5.44. The lowest BCUT2D eigenvalue weighted by molar-refractivity contribution is -0.119. The third kappa shape index (κ3) is 4.03. The molecule has 142 valence electrons. The summed E-state index contributed by atoms with van der Waals surface area (Å²) in [5.41, 5.74) is 1.23. The Morgan fingerprint density at radius 3 is 2.42 bits per heavy atom. The third-order valence-electron chi connectivity index (χ3n) is 6.35. The van der Waals surface area contributed by atoms with Crippen molar-refractivity contribution >= 4 is 17.3 Å². The molecule has 1 saturated carbocycles. The third-order valence-corrected chi connectivity index (χ3v) is 6.35. The van der Waals surface area contributed by atoms with Gasteiger partial charge in [0.2, 0.25) is 5.91 Å². The number of nitrogens with one attached hydrogen (secondary N) is 1. The first-order valence-electron chi connectivity index (χ1n) is 10.3. The lowest BCUT2D eigenvalue weighted by atomic mass is 9.80.